The van der Waals surface area contributed by atoms with Gasteiger partial charge in [0.25, 0.3) is 5.91 Å². The maximum atomic E-state index is 12.4. The second-order valence-electron chi connectivity index (χ2n) is 9.11. The van der Waals surface area contributed by atoms with E-state index in [1.165, 1.54) is 11.0 Å². The summed E-state index contributed by atoms with van der Waals surface area (Å²) in [5.74, 6) is -1.66. The molecule has 0 aliphatic heterocycles. The monoisotopic (exact) mass is 423 g/mol. The SMILES string of the molecule is CN(C)C(=O)c1cccc(NC2C(=O)C(=O)C2NC(c2ccccc2)C(C)(C)C)c1O. The lowest BCUT2D eigenvalue weighted by atomic mass is 9.77. The lowest BCUT2D eigenvalue weighted by Gasteiger charge is -2.41. The van der Waals surface area contributed by atoms with E-state index >= 15 is 0 Å². The molecular weight excluding hydrogens is 394 g/mol. The van der Waals surface area contributed by atoms with Gasteiger partial charge in [-0.1, -0.05) is 57.2 Å². The summed E-state index contributed by atoms with van der Waals surface area (Å²) in [6, 6.07) is 12.7. The van der Waals surface area contributed by atoms with Crippen molar-refractivity contribution in [3.05, 3.63) is 59.7 Å². The van der Waals surface area contributed by atoms with Gasteiger partial charge in [-0.2, -0.15) is 0 Å². The van der Waals surface area contributed by atoms with Gasteiger partial charge < -0.3 is 15.3 Å². The molecule has 3 rings (SSSR count). The number of phenolic OH excluding ortho intramolecular Hbond substituents is 1. The number of nitrogens with one attached hydrogen (secondary N) is 2. The summed E-state index contributed by atoms with van der Waals surface area (Å²) < 4.78 is 0. The van der Waals surface area contributed by atoms with Crippen molar-refractivity contribution in [1.29, 1.82) is 0 Å². The first-order chi connectivity index (χ1) is 14.5. The van der Waals surface area contributed by atoms with Gasteiger partial charge in [0, 0.05) is 20.1 Å². The van der Waals surface area contributed by atoms with Crippen LogP contribution in [0.5, 0.6) is 5.75 Å². The maximum Gasteiger partial charge on any atom is 0.257 e. The van der Waals surface area contributed by atoms with Gasteiger partial charge in [0.15, 0.2) is 5.75 Å². The van der Waals surface area contributed by atoms with Gasteiger partial charge in [0.05, 0.1) is 11.3 Å². The fourth-order valence-corrected chi connectivity index (χ4v) is 3.75. The maximum absolute atomic E-state index is 12.4. The summed E-state index contributed by atoms with van der Waals surface area (Å²) in [5, 5.41) is 16.9. The number of aromatic hydroxyl groups is 1. The summed E-state index contributed by atoms with van der Waals surface area (Å²) in [5.41, 5.74) is 1.15. The number of benzene rings is 2. The van der Waals surface area contributed by atoms with Crippen LogP contribution in [0.25, 0.3) is 0 Å². The number of Topliss-reactive ketones (excluding diaryl/α,β-unsaturated/α-hetero) is 2. The van der Waals surface area contributed by atoms with Crippen LogP contribution >= 0.6 is 0 Å². The molecule has 3 N–H and O–H groups in total. The largest absolute Gasteiger partial charge is 0.505 e. The Labute approximate surface area is 182 Å². The van der Waals surface area contributed by atoms with Crippen LogP contribution in [-0.2, 0) is 9.59 Å². The minimum Gasteiger partial charge on any atom is -0.505 e. The smallest absolute Gasteiger partial charge is 0.257 e. The van der Waals surface area contributed by atoms with Crippen molar-refractivity contribution in [2.24, 2.45) is 5.41 Å². The molecule has 1 fully saturated rings. The summed E-state index contributed by atoms with van der Waals surface area (Å²) in [6.45, 7) is 6.19. The number of rotatable bonds is 6. The van der Waals surface area contributed by atoms with Crippen molar-refractivity contribution >= 4 is 23.2 Å². The third-order valence-corrected chi connectivity index (χ3v) is 5.47. The lowest BCUT2D eigenvalue weighted by molar-refractivity contribution is -0.146. The highest BCUT2D eigenvalue weighted by molar-refractivity contribution is 6.49. The molecule has 1 amide bonds. The van der Waals surface area contributed by atoms with Gasteiger partial charge in [-0.3, -0.25) is 19.7 Å². The fourth-order valence-electron chi connectivity index (χ4n) is 3.75. The Morgan fingerprint density at radius 3 is 2.16 bits per heavy atom. The number of carbonyl (C=O) groups excluding carboxylic acids is 3. The Hall–Kier alpha value is -3.19. The first-order valence-electron chi connectivity index (χ1n) is 10.2. The molecule has 2 aromatic rings. The number of hydrogen-bond donors (Lipinski definition) is 3. The molecule has 0 aromatic heterocycles. The van der Waals surface area contributed by atoms with E-state index in [-0.39, 0.29) is 34.4 Å². The lowest BCUT2D eigenvalue weighted by Crippen LogP contribution is -2.68. The molecule has 0 radical (unpaired) electrons. The number of hydrogen-bond acceptors (Lipinski definition) is 6. The quantitative estimate of drug-likeness (QED) is 0.488. The van der Waals surface area contributed by atoms with Crippen molar-refractivity contribution in [1.82, 2.24) is 10.2 Å². The average molecular weight is 424 g/mol. The van der Waals surface area contributed by atoms with E-state index in [1.54, 1.807) is 26.2 Å². The Balaban J connectivity index is 1.86. The minimum absolute atomic E-state index is 0.120. The van der Waals surface area contributed by atoms with E-state index in [2.05, 4.69) is 31.4 Å². The number of anilines is 1. The van der Waals surface area contributed by atoms with Crippen molar-refractivity contribution in [3.8, 4) is 5.75 Å². The first-order valence-corrected chi connectivity index (χ1v) is 10.2. The van der Waals surface area contributed by atoms with E-state index < -0.39 is 23.7 Å². The van der Waals surface area contributed by atoms with Gasteiger partial charge in [0.1, 0.15) is 12.1 Å². The first kappa shape index (κ1) is 22.5. The topological polar surface area (TPSA) is 98.7 Å². The van der Waals surface area contributed by atoms with Crippen LogP contribution in [0, 0.1) is 5.41 Å². The molecule has 1 aliphatic rings. The standard InChI is InChI=1S/C24H29N3O4/c1-24(2,3)22(14-10-7-6-8-11-14)26-18-17(20(29)21(18)30)25-16-13-9-12-15(19(16)28)23(31)27(4)5/h6-13,17-18,22,25-26,28H,1-5H3. The van der Waals surface area contributed by atoms with Gasteiger partial charge >= 0.3 is 0 Å². The van der Waals surface area contributed by atoms with Crippen molar-refractivity contribution < 1.29 is 19.5 Å². The zero-order valence-electron chi connectivity index (χ0n) is 18.5. The van der Waals surface area contributed by atoms with E-state index in [0.717, 1.165) is 5.56 Å². The molecule has 7 heteroatoms. The highest BCUT2D eigenvalue weighted by Crippen LogP contribution is 2.36. The molecule has 7 nitrogen and oxygen atoms in total. The zero-order valence-corrected chi connectivity index (χ0v) is 18.5. The van der Waals surface area contributed by atoms with Crippen molar-refractivity contribution in [3.63, 3.8) is 0 Å². The molecule has 0 heterocycles. The molecule has 3 atom stereocenters. The molecule has 2 aromatic carbocycles. The molecule has 164 valence electrons. The van der Waals surface area contributed by atoms with E-state index in [9.17, 15) is 19.5 Å². The Morgan fingerprint density at radius 2 is 1.58 bits per heavy atom. The highest BCUT2D eigenvalue weighted by atomic mass is 16.3. The van der Waals surface area contributed by atoms with E-state index in [4.69, 9.17) is 0 Å². The van der Waals surface area contributed by atoms with Crippen LogP contribution in [0.2, 0.25) is 0 Å². The predicted molar refractivity (Wildman–Crippen MR) is 119 cm³/mol. The third kappa shape index (κ3) is 4.46. The molecule has 3 unspecified atom stereocenters. The third-order valence-electron chi connectivity index (χ3n) is 5.47. The minimum atomic E-state index is -0.836. The van der Waals surface area contributed by atoms with Crippen molar-refractivity contribution in [2.45, 2.75) is 38.9 Å². The number of amides is 1. The van der Waals surface area contributed by atoms with Gasteiger partial charge in [-0.05, 0) is 23.1 Å². The predicted octanol–water partition coefficient (Wildman–Crippen LogP) is 2.77. The summed E-state index contributed by atoms with van der Waals surface area (Å²) in [6.07, 6.45) is 0. The average Bonchev–Trinajstić information content (AvgIpc) is 2.73. The molecular formula is C24H29N3O4. The van der Waals surface area contributed by atoms with Crippen LogP contribution in [0.1, 0.15) is 42.7 Å². The molecule has 0 spiro atoms. The van der Waals surface area contributed by atoms with Crippen molar-refractivity contribution in [2.75, 3.05) is 19.4 Å². The van der Waals surface area contributed by atoms with Crippen LogP contribution < -0.4 is 10.6 Å². The summed E-state index contributed by atoms with van der Waals surface area (Å²) in [7, 11) is 3.18. The second kappa shape index (κ2) is 8.51. The fraction of sp³-hybridized carbons (Fsp3) is 0.375. The zero-order chi connectivity index (χ0) is 22.9. The van der Waals surface area contributed by atoms with Gasteiger partial charge in [-0.25, -0.2) is 0 Å². The summed E-state index contributed by atoms with van der Waals surface area (Å²) in [4.78, 5) is 38.4. The van der Waals surface area contributed by atoms with Crippen LogP contribution in [0.4, 0.5) is 5.69 Å². The Kier molecular flexibility index (Phi) is 6.18. The molecule has 0 saturated heterocycles. The number of para-hydroxylation sites is 1. The number of nitrogens with zero attached hydrogens (tertiary/aromatic N) is 1. The highest BCUT2D eigenvalue weighted by Gasteiger charge is 2.51. The van der Waals surface area contributed by atoms with Crippen LogP contribution in [0.3, 0.4) is 0 Å². The second-order valence-corrected chi connectivity index (χ2v) is 9.11. The molecule has 31 heavy (non-hydrogen) atoms. The normalized spacial score (nSPS) is 19.5. The van der Waals surface area contributed by atoms with E-state index in [1.807, 2.05) is 30.3 Å². The molecule has 0 bridgehead atoms. The number of ketones is 2. The van der Waals surface area contributed by atoms with Gasteiger partial charge in [-0.15, -0.1) is 0 Å². The Bertz CT molecular complexity index is 996. The summed E-state index contributed by atoms with van der Waals surface area (Å²) >= 11 is 0. The number of phenols is 1. The van der Waals surface area contributed by atoms with Crippen LogP contribution in [-0.4, -0.2) is 53.7 Å². The molecule has 1 saturated carbocycles. The molecule has 1 aliphatic carbocycles. The van der Waals surface area contributed by atoms with Gasteiger partial charge in [0.2, 0.25) is 11.6 Å². The van der Waals surface area contributed by atoms with E-state index in [0.29, 0.717) is 0 Å². The van der Waals surface area contributed by atoms with Crippen LogP contribution in [0.15, 0.2) is 48.5 Å². The Morgan fingerprint density at radius 1 is 0.968 bits per heavy atom. The number of carbonyl (C=O) groups is 3.